The fourth-order valence-electron chi connectivity index (χ4n) is 3.92. The molecule has 1 unspecified atom stereocenters. The monoisotopic (exact) mass is 430 g/mol. The summed E-state index contributed by atoms with van der Waals surface area (Å²) in [6, 6.07) is 7.85. The molecule has 0 aliphatic carbocycles. The Balaban J connectivity index is 1.38. The van der Waals surface area contributed by atoms with Gasteiger partial charge in [-0.25, -0.2) is 4.99 Å². The molecule has 0 radical (unpaired) electrons. The molecule has 172 valence electrons. The first-order chi connectivity index (χ1) is 15.3. The second-order valence-electron chi connectivity index (χ2n) is 8.24. The van der Waals surface area contributed by atoms with Crippen molar-refractivity contribution < 1.29 is 14.3 Å². The Kier molecular flexibility index (Phi) is 10.1. The van der Waals surface area contributed by atoms with Crippen molar-refractivity contribution in [1.82, 2.24) is 15.5 Å². The summed E-state index contributed by atoms with van der Waals surface area (Å²) in [6.45, 7) is 8.29. The summed E-state index contributed by atoms with van der Waals surface area (Å²) in [7, 11) is 0. The Hall–Kier alpha value is -2.12. The summed E-state index contributed by atoms with van der Waals surface area (Å²) in [4.78, 5) is 19.2. The van der Waals surface area contributed by atoms with Crippen molar-refractivity contribution in [3.63, 3.8) is 0 Å². The van der Waals surface area contributed by atoms with Crippen molar-refractivity contribution in [1.29, 1.82) is 0 Å². The van der Waals surface area contributed by atoms with Crippen LogP contribution >= 0.6 is 0 Å². The van der Waals surface area contributed by atoms with Crippen LogP contribution in [-0.2, 0) is 16.0 Å². The van der Waals surface area contributed by atoms with Crippen LogP contribution < -0.4 is 10.6 Å². The largest absolute Gasteiger partial charge is 0.379 e. The molecular formula is C24H38N4O3. The first kappa shape index (κ1) is 23.5. The summed E-state index contributed by atoms with van der Waals surface area (Å²) in [5.41, 5.74) is 1.86. The fourth-order valence-corrected chi connectivity index (χ4v) is 3.92. The van der Waals surface area contributed by atoms with Crippen LogP contribution in [0.5, 0.6) is 0 Å². The number of carbonyl (C=O) groups excluding carboxylic acids is 1. The molecule has 2 aliphatic rings. The van der Waals surface area contributed by atoms with Crippen LogP contribution in [0.15, 0.2) is 29.3 Å². The summed E-state index contributed by atoms with van der Waals surface area (Å²) in [6.07, 6.45) is 6.92. The third kappa shape index (κ3) is 8.15. The van der Waals surface area contributed by atoms with E-state index in [9.17, 15) is 4.79 Å². The van der Waals surface area contributed by atoms with E-state index in [4.69, 9.17) is 9.47 Å². The van der Waals surface area contributed by atoms with Gasteiger partial charge < -0.3 is 25.0 Å². The van der Waals surface area contributed by atoms with Gasteiger partial charge in [-0.05, 0) is 63.1 Å². The number of aliphatic imine (C=N–C) groups is 1. The lowest BCUT2D eigenvalue weighted by Crippen LogP contribution is -2.38. The molecule has 1 aromatic carbocycles. The molecule has 2 fully saturated rings. The zero-order chi connectivity index (χ0) is 21.7. The quantitative estimate of drug-likeness (QED) is 0.339. The van der Waals surface area contributed by atoms with Crippen LogP contribution in [0.1, 0.15) is 61.4 Å². The molecule has 2 saturated heterocycles. The molecule has 2 N–H and O–H groups in total. The number of nitrogens with one attached hydrogen (secondary N) is 2. The van der Waals surface area contributed by atoms with E-state index in [0.29, 0.717) is 13.2 Å². The third-order valence-electron chi connectivity index (χ3n) is 5.69. The molecule has 3 rings (SSSR count). The van der Waals surface area contributed by atoms with E-state index in [1.165, 1.54) is 6.42 Å². The smallest absolute Gasteiger partial charge is 0.253 e. The molecular weight excluding hydrogens is 392 g/mol. The average molecular weight is 431 g/mol. The first-order valence-corrected chi connectivity index (χ1v) is 11.9. The van der Waals surface area contributed by atoms with Crippen LogP contribution in [0.2, 0.25) is 0 Å². The van der Waals surface area contributed by atoms with Crippen molar-refractivity contribution >= 4 is 11.9 Å². The van der Waals surface area contributed by atoms with Crippen LogP contribution in [0, 0.1) is 0 Å². The Morgan fingerprint density at radius 2 is 1.97 bits per heavy atom. The molecule has 31 heavy (non-hydrogen) atoms. The summed E-state index contributed by atoms with van der Waals surface area (Å²) >= 11 is 0. The summed E-state index contributed by atoms with van der Waals surface area (Å²) in [5, 5.41) is 6.64. The zero-order valence-corrected chi connectivity index (χ0v) is 18.9. The predicted molar refractivity (Wildman–Crippen MR) is 123 cm³/mol. The van der Waals surface area contributed by atoms with Crippen molar-refractivity contribution in [2.75, 3.05) is 46.0 Å². The number of benzene rings is 1. The Labute approximate surface area is 186 Å². The van der Waals surface area contributed by atoms with Crippen LogP contribution in [0.4, 0.5) is 0 Å². The highest BCUT2D eigenvalue weighted by molar-refractivity contribution is 5.94. The Morgan fingerprint density at radius 1 is 1.16 bits per heavy atom. The second-order valence-corrected chi connectivity index (χ2v) is 8.24. The highest BCUT2D eigenvalue weighted by atomic mass is 16.5. The number of carbonyl (C=O) groups is 1. The van der Waals surface area contributed by atoms with E-state index < -0.39 is 0 Å². The molecule has 1 aromatic rings. The summed E-state index contributed by atoms with van der Waals surface area (Å²) in [5.74, 6) is 0.946. The Bertz CT molecular complexity index is 681. The molecule has 0 bridgehead atoms. The van der Waals surface area contributed by atoms with E-state index in [-0.39, 0.29) is 12.0 Å². The third-order valence-corrected chi connectivity index (χ3v) is 5.69. The average Bonchev–Trinajstić information content (AvgIpc) is 3.33. The van der Waals surface area contributed by atoms with Crippen LogP contribution in [0.25, 0.3) is 0 Å². The molecule has 0 spiro atoms. The fraction of sp³-hybridized carbons (Fsp3) is 0.667. The van der Waals surface area contributed by atoms with Gasteiger partial charge in [0.1, 0.15) is 0 Å². The number of amides is 1. The van der Waals surface area contributed by atoms with Gasteiger partial charge in [-0.1, -0.05) is 12.1 Å². The zero-order valence-electron chi connectivity index (χ0n) is 18.9. The van der Waals surface area contributed by atoms with Crippen LogP contribution in [-0.4, -0.2) is 68.9 Å². The minimum absolute atomic E-state index is 0.145. The minimum atomic E-state index is 0.145. The molecule has 1 atom stereocenters. The maximum Gasteiger partial charge on any atom is 0.253 e. The number of rotatable bonds is 10. The van der Waals surface area contributed by atoms with Gasteiger partial charge in [0.15, 0.2) is 5.96 Å². The summed E-state index contributed by atoms with van der Waals surface area (Å²) < 4.78 is 11.3. The number of hydrogen-bond acceptors (Lipinski definition) is 4. The number of hydrogen-bond donors (Lipinski definition) is 2. The number of nitrogens with zero attached hydrogens (tertiary/aromatic N) is 2. The van der Waals surface area contributed by atoms with E-state index in [1.54, 1.807) is 0 Å². The van der Waals surface area contributed by atoms with Gasteiger partial charge in [0.05, 0.1) is 19.3 Å². The molecule has 0 saturated carbocycles. The molecule has 1 amide bonds. The van der Waals surface area contributed by atoms with E-state index in [1.807, 2.05) is 29.2 Å². The molecule has 2 aliphatic heterocycles. The van der Waals surface area contributed by atoms with E-state index >= 15 is 0 Å². The highest BCUT2D eigenvalue weighted by Gasteiger charge is 2.18. The molecule has 7 heteroatoms. The second kappa shape index (κ2) is 13.3. The van der Waals surface area contributed by atoms with E-state index in [2.05, 4.69) is 22.5 Å². The van der Waals surface area contributed by atoms with Crippen molar-refractivity contribution in [3.8, 4) is 0 Å². The van der Waals surface area contributed by atoms with Crippen molar-refractivity contribution in [2.24, 2.45) is 4.99 Å². The predicted octanol–water partition coefficient (Wildman–Crippen LogP) is 2.95. The number of likely N-dealkylation sites (tertiary alicyclic amines) is 1. The normalized spacial score (nSPS) is 19.5. The van der Waals surface area contributed by atoms with Gasteiger partial charge in [-0.15, -0.1) is 0 Å². The van der Waals surface area contributed by atoms with Gasteiger partial charge >= 0.3 is 0 Å². The maximum atomic E-state index is 12.6. The van der Waals surface area contributed by atoms with Crippen molar-refractivity contribution in [2.45, 2.75) is 58.1 Å². The number of guanidine groups is 1. The molecule has 0 aromatic heterocycles. The highest BCUT2D eigenvalue weighted by Crippen LogP contribution is 2.14. The van der Waals surface area contributed by atoms with Gasteiger partial charge in [-0.3, -0.25) is 4.79 Å². The number of ether oxygens (including phenoxy) is 2. The molecule has 2 heterocycles. The van der Waals surface area contributed by atoms with Gasteiger partial charge in [0.2, 0.25) is 0 Å². The lowest BCUT2D eigenvalue weighted by molar-refractivity contribution is 0.0168. The van der Waals surface area contributed by atoms with E-state index in [0.717, 1.165) is 88.6 Å². The molecule has 7 nitrogen and oxygen atoms in total. The van der Waals surface area contributed by atoms with Gasteiger partial charge in [0, 0.05) is 45.0 Å². The maximum absolute atomic E-state index is 12.6. The first-order valence-electron chi connectivity index (χ1n) is 11.9. The lowest BCUT2D eigenvalue weighted by atomic mass is 10.1. The van der Waals surface area contributed by atoms with Gasteiger partial charge in [0.25, 0.3) is 5.91 Å². The van der Waals surface area contributed by atoms with Crippen molar-refractivity contribution in [3.05, 3.63) is 35.4 Å². The Morgan fingerprint density at radius 3 is 2.68 bits per heavy atom. The minimum Gasteiger partial charge on any atom is -0.379 e. The standard InChI is InChI=1S/C24H38N4O3/c1-2-25-24(26-13-7-16-30-19-22-8-6-17-31-22)27-18-20-9-11-21(12-10-20)23(29)28-14-4-3-5-15-28/h9-12,22H,2-8,13-19H2,1H3,(H2,25,26,27). The number of piperidine rings is 1. The lowest BCUT2D eigenvalue weighted by Gasteiger charge is -2.26. The van der Waals surface area contributed by atoms with Gasteiger partial charge in [-0.2, -0.15) is 0 Å². The topological polar surface area (TPSA) is 75.2 Å². The van der Waals surface area contributed by atoms with Crippen LogP contribution in [0.3, 0.4) is 0 Å². The SMILES string of the molecule is CCNC(=NCc1ccc(C(=O)N2CCCCC2)cc1)NCCCOCC1CCCO1.